The minimum Gasteiger partial charge on any atom is -0.432 e. The fourth-order valence-electron chi connectivity index (χ4n) is 2.54. The molecule has 2 N–H and O–H groups in total. The number of anilines is 1. The Morgan fingerprint density at radius 1 is 1.12 bits per heavy atom. The van der Waals surface area contributed by atoms with Crippen LogP contribution in [0, 0.1) is 0 Å². The quantitative estimate of drug-likeness (QED) is 0.719. The van der Waals surface area contributed by atoms with Crippen LogP contribution in [-0.2, 0) is 0 Å². The smallest absolute Gasteiger partial charge is 0.387 e. The molecule has 0 spiro atoms. The van der Waals surface area contributed by atoms with Crippen molar-refractivity contribution in [3.05, 3.63) is 60.6 Å². The average molecular weight is 358 g/mol. The topological polar surface area (TPSA) is 76.1 Å². The Morgan fingerprint density at radius 3 is 2.62 bits per heavy atom. The van der Waals surface area contributed by atoms with E-state index in [-0.39, 0.29) is 17.3 Å². The summed E-state index contributed by atoms with van der Waals surface area (Å²) in [5, 5.41) is 6.02. The first-order valence-corrected chi connectivity index (χ1v) is 7.84. The van der Waals surface area contributed by atoms with Crippen molar-refractivity contribution < 1.29 is 18.3 Å². The molecule has 0 fully saturated rings. The molecule has 0 aliphatic carbocycles. The number of carbonyl (C=O) groups is 1. The standard InChI is InChI=1S/C18H16F2N4O2/c1-11(12-6-9-21-10-7-12)23-18(25)24-14-4-5-15(26-17(19)20)16-13(14)3-2-8-22-16/h2-11,17H,1H3,(H2,23,24,25). The molecule has 0 aliphatic heterocycles. The highest BCUT2D eigenvalue weighted by Gasteiger charge is 2.14. The summed E-state index contributed by atoms with van der Waals surface area (Å²) in [6.45, 7) is -1.11. The second-order valence-corrected chi connectivity index (χ2v) is 5.49. The van der Waals surface area contributed by atoms with E-state index in [1.807, 2.05) is 6.92 Å². The Morgan fingerprint density at radius 2 is 1.88 bits per heavy atom. The van der Waals surface area contributed by atoms with Gasteiger partial charge in [0.05, 0.1) is 11.7 Å². The largest absolute Gasteiger partial charge is 0.432 e. The van der Waals surface area contributed by atoms with Crippen LogP contribution in [0.2, 0.25) is 0 Å². The number of aromatic nitrogens is 2. The first kappa shape index (κ1) is 17.5. The van der Waals surface area contributed by atoms with Crippen LogP contribution in [0.1, 0.15) is 18.5 Å². The molecule has 2 amide bonds. The summed E-state index contributed by atoms with van der Waals surface area (Å²) >= 11 is 0. The SMILES string of the molecule is CC(NC(=O)Nc1ccc(OC(F)F)c2ncccc12)c1ccncc1. The summed E-state index contributed by atoms with van der Waals surface area (Å²) in [5.74, 6) is -0.0493. The van der Waals surface area contributed by atoms with Crippen molar-refractivity contribution in [2.24, 2.45) is 0 Å². The van der Waals surface area contributed by atoms with E-state index in [4.69, 9.17) is 0 Å². The molecule has 1 unspecified atom stereocenters. The molecular formula is C18H16F2N4O2. The minimum atomic E-state index is -2.96. The second kappa shape index (κ2) is 7.73. The lowest BCUT2D eigenvalue weighted by atomic mass is 10.1. The van der Waals surface area contributed by atoms with Gasteiger partial charge in [0.1, 0.15) is 5.52 Å². The Bertz CT molecular complexity index is 906. The number of nitrogens with zero attached hydrogens (tertiary/aromatic N) is 2. The average Bonchev–Trinajstić information content (AvgIpc) is 2.64. The maximum atomic E-state index is 12.5. The molecule has 0 radical (unpaired) electrons. The zero-order valence-electron chi connectivity index (χ0n) is 13.8. The van der Waals surface area contributed by atoms with Gasteiger partial charge >= 0.3 is 12.6 Å². The highest BCUT2D eigenvalue weighted by molar-refractivity contribution is 6.02. The van der Waals surface area contributed by atoms with Crippen LogP contribution in [0.4, 0.5) is 19.3 Å². The Balaban J connectivity index is 1.79. The van der Waals surface area contributed by atoms with Crippen molar-refractivity contribution in [2.45, 2.75) is 19.6 Å². The zero-order valence-corrected chi connectivity index (χ0v) is 13.8. The van der Waals surface area contributed by atoms with Crippen LogP contribution in [0.5, 0.6) is 5.75 Å². The molecule has 0 saturated heterocycles. The van der Waals surface area contributed by atoms with Crippen LogP contribution in [-0.4, -0.2) is 22.6 Å². The summed E-state index contributed by atoms with van der Waals surface area (Å²) < 4.78 is 29.5. The molecule has 8 heteroatoms. The summed E-state index contributed by atoms with van der Waals surface area (Å²) in [6.07, 6.45) is 4.76. The van der Waals surface area contributed by atoms with Gasteiger partial charge in [-0.05, 0) is 48.9 Å². The molecule has 134 valence electrons. The molecule has 0 aliphatic rings. The molecule has 3 aromatic rings. The number of halogens is 2. The van der Waals surface area contributed by atoms with E-state index in [1.165, 1.54) is 18.3 Å². The van der Waals surface area contributed by atoms with E-state index in [2.05, 4.69) is 25.3 Å². The minimum absolute atomic E-state index is 0.0493. The molecule has 0 saturated carbocycles. The van der Waals surface area contributed by atoms with Gasteiger partial charge in [-0.3, -0.25) is 9.97 Å². The monoisotopic (exact) mass is 358 g/mol. The van der Waals surface area contributed by atoms with Crippen molar-refractivity contribution in [3.8, 4) is 5.75 Å². The number of pyridine rings is 2. The van der Waals surface area contributed by atoms with Gasteiger partial charge in [-0.1, -0.05) is 0 Å². The lowest BCUT2D eigenvalue weighted by molar-refractivity contribution is -0.0489. The fourth-order valence-corrected chi connectivity index (χ4v) is 2.54. The van der Waals surface area contributed by atoms with E-state index in [9.17, 15) is 13.6 Å². The third kappa shape index (κ3) is 4.02. The third-order valence-corrected chi connectivity index (χ3v) is 3.75. The number of hydrogen-bond donors (Lipinski definition) is 2. The summed E-state index contributed by atoms with van der Waals surface area (Å²) in [7, 11) is 0. The highest BCUT2D eigenvalue weighted by Crippen LogP contribution is 2.31. The molecule has 2 heterocycles. The number of urea groups is 1. The molecule has 0 bridgehead atoms. The van der Waals surface area contributed by atoms with Crippen molar-refractivity contribution in [3.63, 3.8) is 0 Å². The highest BCUT2D eigenvalue weighted by atomic mass is 19.3. The molecule has 6 nitrogen and oxygen atoms in total. The number of fused-ring (bicyclic) bond motifs is 1. The van der Waals surface area contributed by atoms with Gasteiger partial charge in [0.25, 0.3) is 0 Å². The first-order chi connectivity index (χ1) is 12.5. The fraction of sp³-hybridized carbons (Fsp3) is 0.167. The van der Waals surface area contributed by atoms with E-state index >= 15 is 0 Å². The summed E-state index contributed by atoms with van der Waals surface area (Å²) in [5.41, 5.74) is 1.59. The van der Waals surface area contributed by atoms with Crippen LogP contribution < -0.4 is 15.4 Å². The predicted octanol–water partition coefficient (Wildman–Crippen LogP) is 4.11. The molecule has 26 heavy (non-hydrogen) atoms. The summed E-state index contributed by atoms with van der Waals surface area (Å²) in [4.78, 5) is 20.3. The number of amides is 2. The van der Waals surface area contributed by atoms with Crippen LogP contribution in [0.25, 0.3) is 10.9 Å². The van der Waals surface area contributed by atoms with Crippen molar-refractivity contribution >= 4 is 22.6 Å². The Kier molecular flexibility index (Phi) is 5.21. The van der Waals surface area contributed by atoms with Crippen molar-refractivity contribution in [2.75, 3.05) is 5.32 Å². The van der Waals surface area contributed by atoms with E-state index in [0.29, 0.717) is 11.1 Å². The predicted molar refractivity (Wildman–Crippen MR) is 93.2 cm³/mol. The number of benzene rings is 1. The van der Waals surface area contributed by atoms with Gasteiger partial charge in [0.15, 0.2) is 5.75 Å². The number of carbonyl (C=O) groups excluding carboxylic acids is 1. The van der Waals surface area contributed by atoms with E-state index < -0.39 is 12.6 Å². The van der Waals surface area contributed by atoms with Gasteiger partial charge in [0, 0.05) is 24.0 Å². The molecule has 3 rings (SSSR count). The number of nitrogens with one attached hydrogen (secondary N) is 2. The number of rotatable bonds is 5. The molecule has 1 aromatic carbocycles. The summed E-state index contributed by atoms with van der Waals surface area (Å²) in [6, 6.07) is 9.12. The van der Waals surface area contributed by atoms with Crippen LogP contribution in [0.15, 0.2) is 55.0 Å². The van der Waals surface area contributed by atoms with Gasteiger partial charge in [-0.25, -0.2) is 4.79 Å². The lowest BCUT2D eigenvalue weighted by Crippen LogP contribution is -2.31. The van der Waals surface area contributed by atoms with Gasteiger partial charge < -0.3 is 15.4 Å². The zero-order chi connectivity index (χ0) is 18.5. The molecular weight excluding hydrogens is 342 g/mol. The van der Waals surface area contributed by atoms with E-state index in [1.54, 1.807) is 36.7 Å². The van der Waals surface area contributed by atoms with Crippen LogP contribution in [0.3, 0.4) is 0 Å². The Hall–Kier alpha value is -3.29. The van der Waals surface area contributed by atoms with E-state index in [0.717, 1.165) is 5.56 Å². The Labute approximate surface area is 148 Å². The maximum absolute atomic E-state index is 12.5. The number of ether oxygens (including phenoxy) is 1. The van der Waals surface area contributed by atoms with Crippen molar-refractivity contribution in [1.82, 2.24) is 15.3 Å². The van der Waals surface area contributed by atoms with Crippen LogP contribution >= 0.6 is 0 Å². The van der Waals surface area contributed by atoms with Gasteiger partial charge in [0.2, 0.25) is 0 Å². The number of alkyl halides is 2. The second-order valence-electron chi connectivity index (χ2n) is 5.49. The lowest BCUT2D eigenvalue weighted by Gasteiger charge is -2.16. The molecule has 2 aromatic heterocycles. The normalized spacial score (nSPS) is 12.0. The van der Waals surface area contributed by atoms with Gasteiger partial charge in [-0.15, -0.1) is 0 Å². The molecule has 1 atom stereocenters. The first-order valence-electron chi connectivity index (χ1n) is 7.84. The van der Waals surface area contributed by atoms with Gasteiger partial charge in [-0.2, -0.15) is 8.78 Å². The number of hydrogen-bond acceptors (Lipinski definition) is 4. The maximum Gasteiger partial charge on any atom is 0.387 e. The van der Waals surface area contributed by atoms with Crippen molar-refractivity contribution in [1.29, 1.82) is 0 Å². The third-order valence-electron chi connectivity index (χ3n) is 3.75.